The number of hydrogen-bond acceptors (Lipinski definition) is 6. The Kier molecular flexibility index (Phi) is 5.63. The van der Waals surface area contributed by atoms with E-state index in [4.69, 9.17) is 4.28 Å². The second-order valence-corrected chi connectivity index (χ2v) is 8.41. The number of aliphatic carboxylic acids is 1. The number of anilines is 1. The smallest absolute Gasteiger partial charge is 0.326 e. The van der Waals surface area contributed by atoms with Crippen molar-refractivity contribution in [2.75, 3.05) is 5.48 Å². The lowest BCUT2D eigenvalue weighted by Gasteiger charge is -2.27. The van der Waals surface area contributed by atoms with Crippen molar-refractivity contribution >= 4 is 28.0 Å². The van der Waals surface area contributed by atoms with Gasteiger partial charge in [0.05, 0.1) is 10.6 Å². The summed E-state index contributed by atoms with van der Waals surface area (Å²) in [6.45, 7) is 1.47. The van der Waals surface area contributed by atoms with Gasteiger partial charge < -0.3 is 15.5 Å². The first-order chi connectivity index (χ1) is 13.3. The van der Waals surface area contributed by atoms with Gasteiger partial charge in [0.1, 0.15) is 17.8 Å². The number of carboxylic acid groups (broad SMARTS) is 1. The summed E-state index contributed by atoms with van der Waals surface area (Å²) < 4.78 is 20.8. The molecule has 5 N–H and O–H groups in total. The number of para-hydroxylation sites is 1. The number of phenols is 1. The summed E-state index contributed by atoms with van der Waals surface area (Å²) in [6.07, 6.45) is 0.0343. The first-order valence-corrected chi connectivity index (χ1v) is 10.1. The summed E-state index contributed by atoms with van der Waals surface area (Å²) in [5, 5.41) is 21.2. The summed E-state index contributed by atoms with van der Waals surface area (Å²) in [5.41, 5.74) is 3.74. The zero-order valence-electron chi connectivity index (χ0n) is 15.0. The lowest BCUT2D eigenvalue weighted by Crippen LogP contribution is -2.52. The van der Waals surface area contributed by atoms with Crippen molar-refractivity contribution in [3.05, 3.63) is 54.1 Å². The summed E-state index contributed by atoms with van der Waals surface area (Å²) in [6, 6.07) is 10.6. The highest BCUT2D eigenvalue weighted by atomic mass is 32.3. The zero-order chi connectivity index (χ0) is 20.3. The molecule has 10 heteroatoms. The van der Waals surface area contributed by atoms with Crippen molar-refractivity contribution in [2.24, 2.45) is 0 Å². The third kappa shape index (κ3) is 4.30. The van der Waals surface area contributed by atoms with E-state index < -0.39 is 34.4 Å². The second-order valence-electron chi connectivity index (χ2n) is 6.38. The van der Waals surface area contributed by atoms with Crippen LogP contribution in [0.5, 0.6) is 5.75 Å². The van der Waals surface area contributed by atoms with Crippen LogP contribution in [-0.4, -0.2) is 38.4 Å². The van der Waals surface area contributed by atoms with Crippen LogP contribution in [0, 0.1) is 0 Å². The molecule has 2 aromatic rings. The van der Waals surface area contributed by atoms with Crippen molar-refractivity contribution < 1.29 is 28.3 Å². The van der Waals surface area contributed by atoms with E-state index in [-0.39, 0.29) is 12.2 Å². The van der Waals surface area contributed by atoms with E-state index in [0.29, 0.717) is 16.1 Å². The Morgan fingerprint density at radius 3 is 2.54 bits per heavy atom. The number of benzene rings is 2. The second kappa shape index (κ2) is 7.97. The van der Waals surface area contributed by atoms with Gasteiger partial charge >= 0.3 is 5.97 Å². The molecule has 0 saturated carbocycles. The van der Waals surface area contributed by atoms with Gasteiger partial charge in [0.15, 0.2) is 0 Å². The summed E-state index contributed by atoms with van der Waals surface area (Å²) in [7, 11) is -3.51. The van der Waals surface area contributed by atoms with Gasteiger partial charge in [0.25, 0.3) is 0 Å². The molecule has 9 nitrogen and oxygen atoms in total. The summed E-state index contributed by atoms with van der Waals surface area (Å²) in [4.78, 5) is 24.4. The van der Waals surface area contributed by atoms with Gasteiger partial charge in [0.2, 0.25) is 5.91 Å². The van der Waals surface area contributed by atoms with Crippen molar-refractivity contribution in [1.29, 1.82) is 0 Å². The SMILES string of the molecule is C[C@H](N[SH]1(=O)ONc2ccccc21)C(=O)N[C@@H](Cc1ccc(O)cc1)C(=O)O. The van der Waals surface area contributed by atoms with E-state index in [9.17, 15) is 24.0 Å². The normalized spacial score (nSPS) is 17.6. The molecule has 0 unspecified atom stereocenters. The number of carbonyl (C=O) groups is 2. The standard InChI is InChI=1S/C18H21N3O6S/c1-11(21-28(26)16-5-3-2-4-14(16)20-27-28)17(23)19-15(18(24)25)10-12-6-8-13(22)9-7-12/h2-9,11,15,20,22,28H,10H2,1H3,(H,19,23)(H,21,26)(H,24,25)/t11-,15-/m0/s1. The van der Waals surface area contributed by atoms with E-state index >= 15 is 0 Å². The number of aromatic hydroxyl groups is 1. The lowest BCUT2D eigenvalue weighted by atomic mass is 10.1. The minimum Gasteiger partial charge on any atom is -0.508 e. The molecule has 0 fully saturated rings. The van der Waals surface area contributed by atoms with E-state index in [1.807, 2.05) is 0 Å². The highest BCUT2D eigenvalue weighted by Gasteiger charge is 2.30. The Hall–Kier alpha value is -2.95. The van der Waals surface area contributed by atoms with Crippen LogP contribution in [0.2, 0.25) is 0 Å². The molecule has 3 rings (SSSR count). The minimum absolute atomic E-state index is 0.0343. The number of nitrogens with one attached hydrogen (secondary N) is 3. The summed E-state index contributed by atoms with van der Waals surface area (Å²) >= 11 is 0. The number of thiol groups is 1. The quantitative estimate of drug-likeness (QED) is 0.373. The fraction of sp³-hybridized carbons (Fsp3) is 0.222. The van der Waals surface area contributed by atoms with Crippen LogP contribution < -0.4 is 15.5 Å². The number of rotatable bonds is 7. The molecule has 1 aliphatic heterocycles. The fourth-order valence-electron chi connectivity index (χ4n) is 2.75. The lowest BCUT2D eigenvalue weighted by molar-refractivity contribution is -0.141. The van der Waals surface area contributed by atoms with Crippen LogP contribution >= 0.6 is 0 Å². The van der Waals surface area contributed by atoms with Gasteiger partial charge in [0, 0.05) is 6.42 Å². The molecule has 0 aliphatic carbocycles. The molecule has 2 atom stereocenters. The van der Waals surface area contributed by atoms with Gasteiger partial charge in [-0.1, -0.05) is 34.7 Å². The first-order valence-electron chi connectivity index (χ1n) is 8.51. The van der Waals surface area contributed by atoms with Gasteiger partial charge in [-0.05, 0) is 36.8 Å². The Bertz CT molecular complexity index is 933. The van der Waals surface area contributed by atoms with E-state index in [1.165, 1.54) is 19.1 Å². The molecular formula is C18H21N3O6S. The third-order valence-corrected chi connectivity index (χ3v) is 6.35. The predicted octanol–water partition coefficient (Wildman–Crippen LogP) is 0.745. The summed E-state index contributed by atoms with van der Waals surface area (Å²) in [5.74, 6) is -1.77. The van der Waals surface area contributed by atoms with Gasteiger partial charge in [-0.3, -0.25) is 4.79 Å². The maximum absolute atomic E-state index is 13.0. The maximum atomic E-state index is 13.0. The highest BCUT2D eigenvalue weighted by molar-refractivity contribution is 7.97. The maximum Gasteiger partial charge on any atom is 0.326 e. The molecule has 0 spiro atoms. The molecule has 0 aromatic heterocycles. The predicted molar refractivity (Wildman–Crippen MR) is 103 cm³/mol. The Morgan fingerprint density at radius 2 is 1.86 bits per heavy atom. The van der Waals surface area contributed by atoms with Gasteiger partial charge in [-0.25, -0.2) is 15.0 Å². The first kappa shape index (κ1) is 19.8. The van der Waals surface area contributed by atoms with Crippen LogP contribution in [0.1, 0.15) is 12.5 Å². The molecule has 28 heavy (non-hydrogen) atoms. The molecule has 0 bridgehead atoms. The highest BCUT2D eigenvalue weighted by Crippen LogP contribution is 2.32. The van der Waals surface area contributed by atoms with Crippen LogP contribution in [-0.2, 0) is 30.7 Å². The fourth-order valence-corrected chi connectivity index (χ4v) is 4.62. The van der Waals surface area contributed by atoms with Crippen LogP contribution in [0.4, 0.5) is 5.69 Å². The number of carboxylic acids is 1. The van der Waals surface area contributed by atoms with Gasteiger partial charge in [-0.15, -0.1) is 0 Å². The monoisotopic (exact) mass is 407 g/mol. The number of hydrogen-bond donors (Lipinski definition) is 6. The molecule has 1 aliphatic rings. The average molecular weight is 407 g/mol. The van der Waals surface area contributed by atoms with E-state index in [0.717, 1.165) is 0 Å². The largest absolute Gasteiger partial charge is 0.508 e. The molecule has 1 amide bonds. The van der Waals surface area contributed by atoms with Crippen molar-refractivity contribution in [3.8, 4) is 5.75 Å². The number of carbonyl (C=O) groups excluding carboxylic acids is 1. The van der Waals surface area contributed by atoms with Crippen molar-refractivity contribution in [2.45, 2.75) is 30.3 Å². The zero-order valence-corrected chi connectivity index (χ0v) is 15.8. The van der Waals surface area contributed by atoms with E-state index in [1.54, 1.807) is 36.4 Å². The number of fused-ring (bicyclic) bond motifs is 1. The van der Waals surface area contributed by atoms with Crippen molar-refractivity contribution in [3.63, 3.8) is 0 Å². The number of phenolic OH excluding ortho intramolecular Hbond substituents is 1. The molecule has 2 aromatic carbocycles. The van der Waals surface area contributed by atoms with Crippen molar-refractivity contribution in [1.82, 2.24) is 10.0 Å². The Labute approximate surface area is 162 Å². The molecule has 0 saturated heterocycles. The van der Waals surface area contributed by atoms with E-state index in [2.05, 4.69) is 15.5 Å². The van der Waals surface area contributed by atoms with Crippen LogP contribution in [0.3, 0.4) is 0 Å². The third-order valence-electron chi connectivity index (χ3n) is 4.25. The Morgan fingerprint density at radius 1 is 1.18 bits per heavy atom. The topological polar surface area (TPSA) is 137 Å². The van der Waals surface area contributed by atoms with Crippen LogP contribution in [0.25, 0.3) is 0 Å². The molecule has 0 radical (unpaired) electrons. The minimum atomic E-state index is -3.51. The molecule has 150 valence electrons. The average Bonchev–Trinajstić information content (AvgIpc) is 2.99. The van der Waals surface area contributed by atoms with Gasteiger partial charge in [-0.2, -0.15) is 8.49 Å². The Balaban J connectivity index is 1.66. The molecular weight excluding hydrogens is 386 g/mol. The number of amides is 1. The molecule has 1 heterocycles. The van der Waals surface area contributed by atoms with Crippen LogP contribution in [0.15, 0.2) is 53.4 Å².